The van der Waals surface area contributed by atoms with Crippen LogP contribution in [-0.2, 0) is 13.6 Å². The van der Waals surface area contributed by atoms with Gasteiger partial charge in [0.1, 0.15) is 0 Å². The van der Waals surface area contributed by atoms with Gasteiger partial charge >= 0.3 is 0 Å². The predicted molar refractivity (Wildman–Crippen MR) is 55.8 cm³/mol. The minimum absolute atomic E-state index is 0.277. The summed E-state index contributed by atoms with van der Waals surface area (Å²) < 4.78 is 1.80. The fourth-order valence-electron chi connectivity index (χ4n) is 1.35. The van der Waals surface area contributed by atoms with Gasteiger partial charge in [-0.3, -0.25) is 4.68 Å². The van der Waals surface area contributed by atoms with E-state index >= 15 is 0 Å². The summed E-state index contributed by atoms with van der Waals surface area (Å²) in [5, 5.41) is 16.1. The summed E-state index contributed by atoms with van der Waals surface area (Å²) in [7, 11) is 1.92. The molecule has 0 unspecified atom stereocenters. The van der Waals surface area contributed by atoms with E-state index in [9.17, 15) is 0 Å². The Balaban J connectivity index is 2.20. The standard InChI is InChI=1S/C10H19N3O/c1-9(4-3-5-14)11-6-10-7-12-13(2)8-10/h7-9,11,14H,3-6H2,1-2H3/t9-/m1/s1. The molecule has 0 amide bonds. The van der Waals surface area contributed by atoms with E-state index in [1.54, 1.807) is 4.68 Å². The first-order valence-corrected chi connectivity index (χ1v) is 5.04. The molecule has 4 nitrogen and oxygen atoms in total. The zero-order valence-corrected chi connectivity index (χ0v) is 8.90. The van der Waals surface area contributed by atoms with Gasteiger partial charge in [0.2, 0.25) is 0 Å². The molecule has 0 radical (unpaired) electrons. The topological polar surface area (TPSA) is 50.1 Å². The third-order valence-electron chi connectivity index (χ3n) is 2.21. The molecule has 1 aromatic heterocycles. The smallest absolute Gasteiger partial charge is 0.0534 e. The lowest BCUT2D eigenvalue weighted by molar-refractivity contribution is 0.276. The van der Waals surface area contributed by atoms with Crippen molar-refractivity contribution < 1.29 is 5.11 Å². The molecule has 1 atom stereocenters. The van der Waals surface area contributed by atoms with E-state index in [1.165, 1.54) is 5.56 Å². The monoisotopic (exact) mass is 197 g/mol. The number of rotatable bonds is 6. The average molecular weight is 197 g/mol. The molecule has 80 valence electrons. The highest BCUT2D eigenvalue weighted by Crippen LogP contribution is 1.99. The van der Waals surface area contributed by atoms with Crippen LogP contribution >= 0.6 is 0 Å². The Labute approximate surface area is 84.9 Å². The molecule has 2 N–H and O–H groups in total. The summed E-state index contributed by atoms with van der Waals surface area (Å²) in [6.07, 6.45) is 5.75. The molecule has 1 rings (SSSR count). The van der Waals surface area contributed by atoms with Gasteiger partial charge in [0.15, 0.2) is 0 Å². The van der Waals surface area contributed by atoms with Gasteiger partial charge in [0, 0.05) is 38.0 Å². The van der Waals surface area contributed by atoms with Crippen molar-refractivity contribution >= 4 is 0 Å². The Kier molecular flexibility index (Phi) is 4.62. The van der Waals surface area contributed by atoms with Gasteiger partial charge in [-0.2, -0.15) is 5.10 Å². The average Bonchev–Trinajstić information content (AvgIpc) is 2.58. The summed E-state index contributed by atoms with van der Waals surface area (Å²) in [6, 6.07) is 0.447. The maximum atomic E-state index is 8.66. The van der Waals surface area contributed by atoms with Crippen LogP contribution in [0.5, 0.6) is 0 Å². The van der Waals surface area contributed by atoms with E-state index in [0.717, 1.165) is 19.4 Å². The highest BCUT2D eigenvalue weighted by atomic mass is 16.2. The number of aryl methyl sites for hydroxylation is 1. The quantitative estimate of drug-likeness (QED) is 0.704. The van der Waals surface area contributed by atoms with Gasteiger partial charge in [0.05, 0.1) is 6.20 Å². The van der Waals surface area contributed by atoms with Crippen molar-refractivity contribution in [1.29, 1.82) is 0 Å². The van der Waals surface area contributed by atoms with E-state index < -0.39 is 0 Å². The lowest BCUT2D eigenvalue weighted by atomic mass is 10.2. The van der Waals surface area contributed by atoms with Gasteiger partial charge in [-0.1, -0.05) is 0 Å². The number of aliphatic hydroxyl groups excluding tert-OH is 1. The Morgan fingerprint density at radius 1 is 1.64 bits per heavy atom. The number of nitrogens with one attached hydrogen (secondary N) is 1. The number of hydrogen-bond acceptors (Lipinski definition) is 3. The molecule has 1 heterocycles. The predicted octanol–water partition coefficient (Wildman–Crippen LogP) is 0.671. The Hall–Kier alpha value is -0.870. The first kappa shape index (κ1) is 11.2. The molecule has 1 aromatic rings. The summed E-state index contributed by atoms with van der Waals surface area (Å²) in [5.74, 6) is 0. The minimum atomic E-state index is 0.277. The molecule has 0 fully saturated rings. The van der Waals surface area contributed by atoms with Crippen molar-refractivity contribution in [3.8, 4) is 0 Å². The fraction of sp³-hybridized carbons (Fsp3) is 0.700. The first-order valence-electron chi connectivity index (χ1n) is 5.04. The second-order valence-corrected chi connectivity index (χ2v) is 3.67. The van der Waals surface area contributed by atoms with Crippen molar-refractivity contribution in [2.24, 2.45) is 7.05 Å². The number of aliphatic hydroxyl groups is 1. The summed E-state index contributed by atoms with van der Waals surface area (Å²) >= 11 is 0. The van der Waals surface area contributed by atoms with Crippen LogP contribution in [-0.4, -0.2) is 27.5 Å². The number of hydrogen-bond donors (Lipinski definition) is 2. The van der Waals surface area contributed by atoms with Crippen LogP contribution in [0.4, 0.5) is 0 Å². The highest BCUT2D eigenvalue weighted by molar-refractivity contribution is 5.02. The van der Waals surface area contributed by atoms with Gasteiger partial charge in [-0.05, 0) is 19.8 Å². The lowest BCUT2D eigenvalue weighted by Gasteiger charge is -2.11. The van der Waals surface area contributed by atoms with E-state index in [2.05, 4.69) is 17.3 Å². The zero-order chi connectivity index (χ0) is 10.4. The van der Waals surface area contributed by atoms with Crippen molar-refractivity contribution in [3.05, 3.63) is 18.0 Å². The SMILES string of the molecule is C[C@H](CCCO)NCc1cnn(C)c1. The normalized spacial score (nSPS) is 13.1. The molecular formula is C10H19N3O. The summed E-state index contributed by atoms with van der Waals surface area (Å²) in [4.78, 5) is 0. The van der Waals surface area contributed by atoms with Crippen LogP contribution in [0.3, 0.4) is 0 Å². The maximum Gasteiger partial charge on any atom is 0.0534 e. The van der Waals surface area contributed by atoms with E-state index in [1.807, 2.05) is 19.4 Å². The molecule has 0 aliphatic rings. The van der Waals surface area contributed by atoms with Gasteiger partial charge in [-0.25, -0.2) is 0 Å². The van der Waals surface area contributed by atoms with Crippen LogP contribution in [0.25, 0.3) is 0 Å². The number of nitrogens with zero attached hydrogens (tertiary/aromatic N) is 2. The molecule has 4 heteroatoms. The van der Waals surface area contributed by atoms with Crippen LogP contribution in [0.15, 0.2) is 12.4 Å². The summed E-state index contributed by atoms with van der Waals surface area (Å²) in [6.45, 7) is 3.26. The van der Waals surface area contributed by atoms with Crippen LogP contribution in [0.1, 0.15) is 25.3 Å². The molecule has 0 aliphatic heterocycles. The molecular weight excluding hydrogens is 178 g/mol. The van der Waals surface area contributed by atoms with E-state index in [4.69, 9.17) is 5.11 Å². The Bertz CT molecular complexity index is 260. The lowest BCUT2D eigenvalue weighted by Crippen LogP contribution is -2.25. The van der Waals surface area contributed by atoms with Gasteiger partial charge in [-0.15, -0.1) is 0 Å². The molecule has 0 saturated heterocycles. The van der Waals surface area contributed by atoms with Crippen molar-refractivity contribution in [3.63, 3.8) is 0 Å². The van der Waals surface area contributed by atoms with Gasteiger partial charge < -0.3 is 10.4 Å². The molecule has 0 spiro atoms. The van der Waals surface area contributed by atoms with Gasteiger partial charge in [0.25, 0.3) is 0 Å². The minimum Gasteiger partial charge on any atom is -0.396 e. The third kappa shape index (κ3) is 3.89. The van der Waals surface area contributed by atoms with Crippen LogP contribution in [0, 0.1) is 0 Å². The number of aromatic nitrogens is 2. The zero-order valence-electron chi connectivity index (χ0n) is 8.90. The molecule has 14 heavy (non-hydrogen) atoms. The van der Waals surface area contributed by atoms with Crippen molar-refractivity contribution in [1.82, 2.24) is 15.1 Å². The van der Waals surface area contributed by atoms with E-state index in [0.29, 0.717) is 6.04 Å². The first-order chi connectivity index (χ1) is 6.72. The maximum absolute atomic E-state index is 8.66. The van der Waals surface area contributed by atoms with E-state index in [-0.39, 0.29) is 6.61 Å². The molecule has 0 saturated carbocycles. The van der Waals surface area contributed by atoms with Crippen molar-refractivity contribution in [2.45, 2.75) is 32.4 Å². The molecule has 0 bridgehead atoms. The Morgan fingerprint density at radius 2 is 2.43 bits per heavy atom. The molecule has 0 aromatic carbocycles. The highest BCUT2D eigenvalue weighted by Gasteiger charge is 2.01. The Morgan fingerprint density at radius 3 is 3.00 bits per heavy atom. The second-order valence-electron chi connectivity index (χ2n) is 3.67. The summed E-state index contributed by atoms with van der Waals surface area (Å²) in [5.41, 5.74) is 1.20. The third-order valence-corrected chi connectivity index (χ3v) is 2.21. The largest absolute Gasteiger partial charge is 0.396 e. The second kappa shape index (κ2) is 5.78. The van der Waals surface area contributed by atoms with Crippen LogP contribution < -0.4 is 5.32 Å². The van der Waals surface area contributed by atoms with Crippen LogP contribution in [0.2, 0.25) is 0 Å². The fourth-order valence-corrected chi connectivity index (χ4v) is 1.35. The van der Waals surface area contributed by atoms with Crippen molar-refractivity contribution in [2.75, 3.05) is 6.61 Å². The molecule has 0 aliphatic carbocycles.